The molecule has 1 aromatic rings. The molecule has 0 unspecified atom stereocenters. The topological polar surface area (TPSA) is 73.7 Å². The molecule has 0 radical (unpaired) electrons. The number of hydrogen-bond donors (Lipinski definition) is 2. The van der Waals surface area contributed by atoms with Gasteiger partial charge in [0.05, 0.1) is 6.10 Å². The second kappa shape index (κ2) is 5.14. The summed E-state index contributed by atoms with van der Waals surface area (Å²) >= 11 is 0. The summed E-state index contributed by atoms with van der Waals surface area (Å²) in [6.45, 7) is 0.362. The van der Waals surface area contributed by atoms with Crippen molar-refractivity contribution in [2.75, 3.05) is 11.4 Å². The SMILES string of the molecule is Cl.O=C(O)[C@@H]1C[C@@H](O)CN1c1ccncc1. The average molecular weight is 245 g/mol. The highest BCUT2D eigenvalue weighted by atomic mass is 35.5. The maximum atomic E-state index is 11.0. The highest BCUT2D eigenvalue weighted by Crippen LogP contribution is 2.25. The molecule has 0 amide bonds. The Balaban J connectivity index is 0.00000128. The Morgan fingerprint density at radius 1 is 1.44 bits per heavy atom. The number of halogens is 1. The van der Waals surface area contributed by atoms with Crippen molar-refractivity contribution in [3.8, 4) is 0 Å². The zero-order valence-corrected chi connectivity index (χ0v) is 9.30. The maximum Gasteiger partial charge on any atom is 0.326 e. The van der Waals surface area contributed by atoms with Gasteiger partial charge in [-0.05, 0) is 12.1 Å². The predicted molar refractivity (Wildman–Crippen MR) is 60.9 cm³/mol. The Labute approximate surface area is 99.1 Å². The molecular formula is C10H13ClN2O3. The first kappa shape index (κ1) is 12.7. The molecule has 6 heteroatoms. The predicted octanol–water partition coefficient (Wildman–Crippen LogP) is 0.528. The van der Waals surface area contributed by atoms with Gasteiger partial charge >= 0.3 is 5.97 Å². The van der Waals surface area contributed by atoms with E-state index in [-0.39, 0.29) is 18.8 Å². The fourth-order valence-electron chi connectivity index (χ4n) is 1.87. The highest BCUT2D eigenvalue weighted by Gasteiger charge is 2.35. The van der Waals surface area contributed by atoms with Crippen molar-refractivity contribution in [1.29, 1.82) is 0 Å². The van der Waals surface area contributed by atoms with E-state index in [0.29, 0.717) is 6.54 Å². The van der Waals surface area contributed by atoms with E-state index < -0.39 is 18.1 Å². The van der Waals surface area contributed by atoms with Crippen LogP contribution in [0, 0.1) is 0 Å². The normalized spacial score (nSPS) is 23.9. The quantitative estimate of drug-likeness (QED) is 0.794. The van der Waals surface area contributed by atoms with Crippen molar-refractivity contribution in [2.24, 2.45) is 0 Å². The van der Waals surface area contributed by atoms with Crippen LogP contribution < -0.4 is 4.90 Å². The van der Waals surface area contributed by atoms with Crippen LogP contribution in [0.15, 0.2) is 24.5 Å². The molecule has 1 aromatic heterocycles. The Morgan fingerprint density at radius 2 is 2.06 bits per heavy atom. The van der Waals surface area contributed by atoms with Gasteiger partial charge in [-0.15, -0.1) is 12.4 Å². The Kier molecular flexibility index (Phi) is 4.09. The van der Waals surface area contributed by atoms with E-state index in [4.69, 9.17) is 5.11 Å². The minimum absolute atomic E-state index is 0. The first-order valence-corrected chi connectivity index (χ1v) is 4.76. The molecule has 88 valence electrons. The highest BCUT2D eigenvalue weighted by molar-refractivity contribution is 5.85. The van der Waals surface area contributed by atoms with E-state index in [2.05, 4.69) is 4.98 Å². The molecule has 5 nitrogen and oxygen atoms in total. The summed E-state index contributed by atoms with van der Waals surface area (Å²) in [7, 11) is 0. The second-order valence-electron chi connectivity index (χ2n) is 3.60. The molecule has 16 heavy (non-hydrogen) atoms. The number of aromatic nitrogens is 1. The number of aliphatic carboxylic acids is 1. The lowest BCUT2D eigenvalue weighted by Gasteiger charge is -2.22. The monoisotopic (exact) mass is 244 g/mol. The Bertz CT molecular complexity index is 360. The van der Waals surface area contributed by atoms with Crippen LogP contribution in [0.3, 0.4) is 0 Å². The molecule has 1 fully saturated rings. The molecule has 0 aromatic carbocycles. The van der Waals surface area contributed by atoms with Crippen molar-refractivity contribution in [3.05, 3.63) is 24.5 Å². The fraction of sp³-hybridized carbons (Fsp3) is 0.400. The van der Waals surface area contributed by atoms with Crippen LogP contribution in [0.25, 0.3) is 0 Å². The first-order chi connectivity index (χ1) is 7.18. The van der Waals surface area contributed by atoms with Crippen LogP contribution in [0.1, 0.15) is 6.42 Å². The third kappa shape index (κ3) is 2.43. The molecular weight excluding hydrogens is 232 g/mol. The van der Waals surface area contributed by atoms with E-state index >= 15 is 0 Å². The number of rotatable bonds is 2. The smallest absolute Gasteiger partial charge is 0.326 e. The summed E-state index contributed by atoms with van der Waals surface area (Å²) in [6.07, 6.45) is 2.93. The largest absolute Gasteiger partial charge is 0.480 e. The number of carboxylic acids is 1. The van der Waals surface area contributed by atoms with Crippen molar-refractivity contribution in [3.63, 3.8) is 0 Å². The van der Waals surface area contributed by atoms with Crippen LogP contribution in [-0.4, -0.2) is 39.9 Å². The van der Waals surface area contributed by atoms with Gasteiger partial charge < -0.3 is 15.1 Å². The van der Waals surface area contributed by atoms with Crippen molar-refractivity contribution in [1.82, 2.24) is 4.98 Å². The number of hydrogen-bond acceptors (Lipinski definition) is 4. The van der Waals surface area contributed by atoms with Gasteiger partial charge in [-0.3, -0.25) is 4.98 Å². The average Bonchev–Trinajstić information content (AvgIpc) is 2.62. The van der Waals surface area contributed by atoms with Crippen molar-refractivity contribution < 1.29 is 15.0 Å². The molecule has 2 heterocycles. The molecule has 1 aliphatic rings. The standard InChI is InChI=1S/C10H12N2O3.ClH/c13-8-5-9(10(14)15)12(6-8)7-1-3-11-4-2-7;/h1-4,8-9,13H,5-6H2,(H,14,15);1H/t8-,9+;/m1./s1. The summed E-state index contributed by atoms with van der Waals surface area (Å²) in [5, 5.41) is 18.5. The van der Waals surface area contributed by atoms with Crippen molar-refractivity contribution in [2.45, 2.75) is 18.6 Å². The number of pyridine rings is 1. The molecule has 1 aliphatic heterocycles. The van der Waals surface area contributed by atoms with Crippen LogP contribution >= 0.6 is 12.4 Å². The van der Waals surface area contributed by atoms with E-state index in [9.17, 15) is 9.90 Å². The molecule has 2 atom stereocenters. The molecule has 0 saturated carbocycles. The fourth-order valence-corrected chi connectivity index (χ4v) is 1.87. The number of β-amino-alcohol motifs (C(OH)–C–C–N with tert-alkyl or cyclic N) is 1. The summed E-state index contributed by atoms with van der Waals surface area (Å²) in [5.41, 5.74) is 0.786. The number of aliphatic hydroxyl groups is 1. The molecule has 0 spiro atoms. The second-order valence-corrected chi connectivity index (χ2v) is 3.60. The number of anilines is 1. The molecule has 2 N–H and O–H groups in total. The lowest BCUT2D eigenvalue weighted by Crippen LogP contribution is -2.35. The van der Waals surface area contributed by atoms with Gasteiger partial charge in [-0.1, -0.05) is 0 Å². The zero-order valence-electron chi connectivity index (χ0n) is 8.48. The number of carbonyl (C=O) groups is 1. The van der Waals surface area contributed by atoms with Crippen LogP contribution in [-0.2, 0) is 4.79 Å². The zero-order chi connectivity index (χ0) is 10.8. The number of carboxylic acid groups (broad SMARTS) is 1. The summed E-state index contributed by atoms with van der Waals surface area (Å²) < 4.78 is 0. The van der Waals surface area contributed by atoms with E-state index in [1.54, 1.807) is 29.4 Å². The minimum Gasteiger partial charge on any atom is -0.480 e. The first-order valence-electron chi connectivity index (χ1n) is 4.76. The summed E-state index contributed by atoms with van der Waals surface area (Å²) in [6, 6.07) is 2.85. The lowest BCUT2D eigenvalue weighted by atomic mass is 10.2. The van der Waals surface area contributed by atoms with E-state index in [1.807, 2.05) is 0 Å². The number of aliphatic hydroxyl groups excluding tert-OH is 1. The van der Waals surface area contributed by atoms with Crippen LogP contribution in [0.4, 0.5) is 5.69 Å². The molecule has 0 bridgehead atoms. The molecule has 0 aliphatic carbocycles. The van der Waals surface area contributed by atoms with Crippen LogP contribution in [0.5, 0.6) is 0 Å². The van der Waals surface area contributed by atoms with E-state index in [0.717, 1.165) is 5.69 Å². The van der Waals surface area contributed by atoms with Crippen molar-refractivity contribution >= 4 is 24.1 Å². The van der Waals surface area contributed by atoms with Crippen LogP contribution in [0.2, 0.25) is 0 Å². The lowest BCUT2D eigenvalue weighted by molar-refractivity contribution is -0.138. The minimum atomic E-state index is -0.900. The van der Waals surface area contributed by atoms with E-state index in [1.165, 1.54) is 0 Å². The van der Waals surface area contributed by atoms with Gasteiger partial charge in [0.15, 0.2) is 0 Å². The third-order valence-corrected chi connectivity index (χ3v) is 2.56. The van der Waals surface area contributed by atoms with Gasteiger partial charge in [0, 0.05) is 31.0 Å². The summed E-state index contributed by atoms with van der Waals surface area (Å²) in [5.74, 6) is -0.900. The maximum absolute atomic E-state index is 11.0. The van der Waals surface area contributed by atoms with Gasteiger partial charge in [-0.25, -0.2) is 4.79 Å². The Morgan fingerprint density at radius 3 is 2.62 bits per heavy atom. The number of nitrogens with zero attached hydrogens (tertiary/aromatic N) is 2. The van der Waals surface area contributed by atoms with Gasteiger partial charge in [-0.2, -0.15) is 0 Å². The molecule has 2 rings (SSSR count). The van der Waals surface area contributed by atoms with Gasteiger partial charge in [0.1, 0.15) is 6.04 Å². The van der Waals surface area contributed by atoms with Gasteiger partial charge in [0.25, 0.3) is 0 Å². The molecule has 1 saturated heterocycles. The Hall–Kier alpha value is -1.33. The van der Waals surface area contributed by atoms with Gasteiger partial charge in [0.2, 0.25) is 0 Å². The third-order valence-electron chi connectivity index (χ3n) is 2.56. The summed E-state index contributed by atoms with van der Waals surface area (Å²) in [4.78, 5) is 16.5.